The van der Waals surface area contributed by atoms with Crippen LogP contribution < -0.4 is 0 Å². The Hall–Kier alpha value is -1.66. The fourth-order valence-electron chi connectivity index (χ4n) is 5.87. The van der Waals surface area contributed by atoms with Crippen LogP contribution >= 0.6 is 0 Å². The van der Waals surface area contributed by atoms with Crippen molar-refractivity contribution in [3.05, 3.63) is 23.3 Å². The molecule has 0 aromatic carbocycles. The maximum atomic E-state index is 12.4. The van der Waals surface area contributed by atoms with Crippen LogP contribution in [0.25, 0.3) is 0 Å². The molecule has 1 saturated carbocycles. The highest BCUT2D eigenvalue weighted by Crippen LogP contribution is 2.62. The van der Waals surface area contributed by atoms with Gasteiger partial charge in [-0.05, 0) is 62.7 Å². The number of carboxylic acid groups (broad SMARTS) is 1. The summed E-state index contributed by atoms with van der Waals surface area (Å²) in [6.45, 7) is 8.53. The van der Waals surface area contributed by atoms with Crippen molar-refractivity contribution in [3.63, 3.8) is 0 Å². The van der Waals surface area contributed by atoms with Crippen LogP contribution in [0.3, 0.4) is 0 Å². The average molecular weight is 423 g/mol. The monoisotopic (exact) mass is 422 g/mol. The summed E-state index contributed by atoms with van der Waals surface area (Å²) in [7, 11) is 0. The molecule has 0 aromatic heterocycles. The molecule has 0 saturated heterocycles. The van der Waals surface area contributed by atoms with Crippen molar-refractivity contribution in [3.8, 4) is 0 Å². The van der Waals surface area contributed by atoms with Crippen molar-refractivity contribution in [2.24, 2.45) is 22.7 Å². The molecule has 2 aliphatic carbocycles. The molecule has 0 unspecified atom stereocenters. The van der Waals surface area contributed by atoms with Crippen molar-refractivity contribution in [2.75, 3.05) is 13.2 Å². The smallest absolute Gasteiger partial charge is 0.306 e. The Morgan fingerprint density at radius 1 is 1.23 bits per heavy atom. The maximum Gasteiger partial charge on any atom is 0.306 e. The number of hydrogen-bond donors (Lipinski definition) is 3. The van der Waals surface area contributed by atoms with E-state index in [0.717, 1.165) is 31.3 Å². The van der Waals surface area contributed by atoms with Gasteiger partial charge in [-0.1, -0.05) is 37.1 Å². The third-order valence-electron chi connectivity index (χ3n) is 7.81. The summed E-state index contributed by atoms with van der Waals surface area (Å²) in [5, 5.41) is 28.5. The second kappa shape index (κ2) is 10.1. The minimum absolute atomic E-state index is 0.0127. The second-order valence-electron chi connectivity index (χ2n) is 9.59. The van der Waals surface area contributed by atoms with Crippen LogP contribution in [-0.4, -0.2) is 46.6 Å². The fourth-order valence-corrected chi connectivity index (χ4v) is 5.87. The quantitative estimate of drug-likeness (QED) is 0.385. The standard InChI is InChI=1S/C24H38O6/c1-16(11-13-25)10-12-23(3)18(15-26)19(30-22(29)9-8-21(27)28)14-24(4)17(2)6-5-7-20(23)24/h6,11,18-20,25-26H,5,7-10,12-15H2,1-4H3,(H,27,28)/b16-11+/t18-,19+,20-,23+,24+/m1/s1. The predicted molar refractivity (Wildman–Crippen MR) is 115 cm³/mol. The van der Waals surface area contributed by atoms with Crippen molar-refractivity contribution in [1.29, 1.82) is 0 Å². The summed E-state index contributed by atoms with van der Waals surface area (Å²) in [6.07, 6.45) is 7.55. The van der Waals surface area contributed by atoms with E-state index >= 15 is 0 Å². The molecule has 6 nitrogen and oxygen atoms in total. The van der Waals surface area contributed by atoms with Gasteiger partial charge >= 0.3 is 11.9 Å². The largest absolute Gasteiger partial charge is 0.481 e. The molecular formula is C24H38O6. The summed E-state index contributed by atoms with van der Waals surface area (Å²) in [4.78, 5) is 23.2. The van der Waals surface area contributed by atoms with Crippen LogP contribution in [0, 0.1) is 22.7 Å². The van der Waals surface area contributed by atoms with Gasteiger partial charge in [-0.2, -0.15) is 0 Å². The van der Waals surface area contributed by atoms with Crippen LogP contribution in [0.2, 0.25) is 0 Å². The highest BCUT2D eigenvalue weighted by atomic mass is 16.5. The zero-order valence-corrected chi connectivity index (χ0v) is 18.8. The van der Waals surface area contributed by atoms with Crippen LogP contribution in [0.15, 0.2) is 23.3 Å². The Kier molecular flexibility index (Phi) is 8.28. The number of rotatable bonds is 9. The number of hydrogen-bond acceptors (Lipinski definition) is 5. The lowest BCUT2D eigenvalue weighted by molar-refractivity contribution is -0.180. The van der Waals surface area contributed by atoms with Crippen molar-refractivity contribution < 1.29 is 29.6 Å². The molecule has 0 heterocycles. The van der Waals surface area contributed by atoms with Gasteiger partial charge in [0.05, 0.1) is 19.4 Å². The number of carbonyl (C=O) groups excluding carboxylic acids is 1. The van der Waals surface area contributed by atoms with E-state index in [0.29, 0.717) is 12.3 Å². The van der Waals surface area contributed by atoms with Gasteiger partial charge in [-0.3, -0.25) is 9.59 Å². The number of allylic oxidation sites excluding steroid dienone is 3. The van der Waals surface area contributed by atoms with Crippen LogP contribution in [0.1, 0.15) is 72.6 Å². The highest BCUT2D eigenvalue weighted by Gasteiger charge is 2.58. The number of aliphatic hydroxyl groups excluding tert-OH is 2. The molecule has 30 heavy (non-hydrogen) atoms. The zero-order chi connectivity index (χ0) is 22.5. The third kappa shape index (κ3) is 5.14. The first-order valence-corrected chi connectivity index (χ1v) is 11.0. The second-order valence-corrected chi connectivity index (χ2v) is 9.59. The van der Waals surface area contributed by atoms with Gasteiger partial charge in [0.25, 0.3) is 0 Å². The van der Waals surface area contributed by atoms with Gasteiger partial charge in [-0.15, -0.1) is 0 Å². The van der Waals surface area contributed by atoms with Crippen LogP contribution in [0.5, 0.6) is 0 Å². The zero-order valence-electron chi connectivity index (χ0n) is 18.8. The maximum absolute atomic E-state index is 12.4. The normalized spacial score (nSPS) is 34.1. The minimum Gasteiger partial charge on any atom is -0.481 e. The Labute approximate surface area is 180 Å². The molecule has 0 amide bonds. The highest BCUT2D eigenvalue weighted by molar-refractivity contribution is 5.76. The van der Waals surface area contributed by atoms with E-state index in [-0.39, 0.29) is 42.8 Å². The molecule has 2 aliphatic rings. The molecule has 2 rings (SSSR count). The van der Waals surface area contributed by atoms with E-state index in [2.05, 4.69) is 26.8 Å². The molecule has 170 valence electrons. The van der Waals surface area contributed by atoms with Gasteiger partial charge in [0.15, 0.2) is 0 Å². The number of aliphatic hydroxyl groups is 2. The summed E-state index contributed by atoms with van der Waals surface area (Å²) < 4.78 is 5.81. The summed E-state index contributed by atoms with van der Waals surface area (Å²) in [6, 6.07) is 0. The molecule has 0 spiro atoms. The van der Waals surface area contributed by atoms with E-state index in [4.69, 9.17) is 9.84 Å². The van der Waals surface area contributed by atoms with E-state index in [9.17, 15) is 19.8 Å². The molecular weight excluding hydrogens is 384 g/mol. The number of esters is 1. The Bertz CT molecular complexity index is 696. The van der Waals surface area contributed by atoms with Gasteiger partial charge in [-0.25, -0.2) is 0 Å². The van der Waals surface area contributed by atoms with E-state index in [1.165, 1.54) is 5.57 Å². The Balaban J connectivity index is 2.35. The molecule has 3 N–H and O–H groups in total. The van der Waals surface area contributed by atoms with Crippen molar-refractivity contribution >= 4 is 11.9 Å². The van der Waals surface area contributed by atoms with E-state index in [1.807, 2.05) is 13.0 Å². The molecule has 1 fully saturated rings. The number of fused-ring (bicyclic) bond motifs is 1. The average Bonchev–Trinajstić information content (AvgIpc) is 2.67. The Morgan fingerprint density at radius 3 is 2.53 bits per heavy atom. The van der Waals surface area contributed by atoms with Crippen molar-refractivity contribution in [1.82, 2.24) is 0 Å². The topological polar surface area (TPSA) is 104 Å². The van der Waals surface area contributed by atoms with Gasteiger partial charge < -0.3 is 20.1 Å². The van der Waals surface area contributed by atoms with Gasteiger partial charge in [0, 0.05) is 12.5 Å². The van der Waals surface area contributed by atoms with Crippen LogP contribution in [-0.2, 0) is 14.3 Å². The lowest BCUT2D eigenvalue weighted by atomic mass is 9.46. The summed E-state index contributed by atoms with van der Waals surface area (Å²) in [5.74, 6) is -1.40. The molecule has 0 radical (unpaired) electrons. The molecule has 5 atom stereocenters. The molecule has 6 heteroatoms. The van der Waals surface area contributed by atoms with E-state index < -0.39 is 18.0 Å². The number of ether oxygens (including phenoxy) is 1. The first-order valence-electron chi connectivity index (χ1n) is 11.0. The third-order valence-corrected chi connectivity index (χ3v) is 7.81. The molecule has 0 aromatic rings. The first-order chi connectivity index (χ1) is 14.1. The SMILES string of the molecule is CC1=CCC[C@@H]2[C@@](C)(CC/C(C)=C/CO)[C@H](CO)[C@@H](OC(=O)CCC(=O)O)C[C@@]12C. The first kappa shape index (κ1) is 24.6. The van der Waals surface area contributed by atoms with Gasteiger partial charge in [0.2, 0.25) is 0 Å². The molecule has 0 aliphatic heterocycles. The van der Waals surface area contributed by atoms with E-state index in [1.54, 1.807) is 0 Å². The van der Waals surface area contributed by atoms with Crippen LogP contribution in [0.4, 0.5) is 0 Å². The lowest BCUT2D eigenvalue weighted by Crippen LogP contribution is -2.57. The van der Waals surface area contributed by atoms with Gasteiger partial charge in [0.1, 0.15) is 6.10 Å². The van der Waals surface area contributed by atoms with Crippen molar-refractivity contribution in [2.45, 2.75) is 78.7 Å². The number of carboxylic acids is 1. The molecule has 0 bridgehead atoms. The predicted octanol–water partition coefficient (Wildman–Crippen LogP) is 3.86. The Morgan fingerprint density at radius 2 is 1.93 bits per heavy atom. The minimum atomic E-state index is -1.02. The number of aliphatic carboxylic acids is 1. The number of carbonyl (C=O) groups is 2. The fraction of sp³-hybridized carbons (Fsp3) is 0.750. The summed E-state index contributed by atoms with van der Waals surface area (Å²) >= 11 is 0. The lowest BCUT2D eigenvalue weighted by Gasteiger charge is -2.60. The summed E-state index contributed by atoms with van der Waals surface area (Å²) in [5.41, 5.74) is 2.03.